The molecule has 0 rings (SSSR count). The third kappa shape index (κ3) is 10.8. The van der Waals surface area contributed by atoms with Crippen LogP contribution in [0.3, 0.4) is 0 Å². The molecular weight excluding hydrogens is 258 g/mol. The summed E-state index contributed by atoms with van der Waals surface area (Å²) in [5.74, 6) is -2.58. The maximum atomic E-state index is 12.5. The first-order chi connectivity index (χ1) is 8.37. The average Bonchev–Trinajstić information content (AvgIpc) is 2.25. The van der Waals surface area contributed by atoms with Crippen molar-refractivity contribution in [3.8, 4) is 0 Å². The minimum Gasteiger partial charge on any atom is -0.480 e. The van der Waals surface area contributed by atoms with Crippen LogP contribution in [0.1, 0.15) is 58.8 Å². The Morgan fingerprint density at radius 3 is 2.44 bits per heavy atom. The van der Waals surface area contributed by atoms with E-state index < -0.39 is 11.9 Å². The quantitative estimate of drug-likeness (QED) is 0.564. The molecule has 0 aliphatic carbocycles. The van der Waals surface area contributed by atoms with Crippen LogP contribution in [0.2, 0.25) is 0 Å². The van der Waals surface area contributed by atoms with E-state index in [2.05, 4.69) is 0 Å². The van der Waals surface area contributed by atoms with Gasteiger partial charge >= 0.3 is 5.97 Å². The van der Waals surface area contributed by atoms with Crippen molar-refractivity contribution < 1.29 is 18.7 Å². The van der Waals surface area contributed by atoms with E-state index in [9.17, 15) is 13.6 Å². The molecule has 0 aromatic rings. The van der Waals surface area contributed by atoms with Gasteiger partial charge in [0, 0.05) is 6.42 Å². The van der Waals surface area contributed by atoms with Gasteiger partial charge in [0.05, 0.1) is 0 Å². The van der Waals surface area contributed by atoms with Gasteiger partial charge in [-0.25, -0.2) is 8.78 Å². The van der Waals surface area contributed by atoms with Crippen LogP contribution in [0.4, 0.5) is 8.78 Å². The lowest BCUT2D eigenvalue weighted by molar-refractivity contribution is -0.136. The van der Waals surface area contributed by atoms with Gasteiger partial charge in [-0.3, -0.25) is 4.79 Å². The molecule has 0 saturated heterocycles. The molecule has 0 amide bonds. The first-order valence-corrected chi connectivity index (χ1v) is 7.64. The second kappa shape index (κ2) is 9.59. The van der Waals surface area contributed by atoms with Crippen molar-refractivity contribution in [1.82, 2.24) is 0 Å². The topological polar surface area (TPSA) is 37.3 Å². The largest absolute Gasteiger partial charge is 0.480 e. The molecule has 18 heavy (non-hydrogen) atoms. The summed E-state index contributed by atoms with van der Waals surface area (Å²) in [6.45, 7) is 2.97. The Balaban J connectivity index is 3.58. The minimum atomic E-state index is -2.57. The smallest absolute Gasteiger partial charge is 0.316 e. The molecule has 0 radical (unpaired) electrons. The Morgan fingerprint density at radius 2 is 1.94 bits per heavy atom. The van der Waals surface area contributed by atoms with Crippen LogP contribution in [0.5, 0.6) is 0 Å². The van der Waals surface area contributed by atoms with Crippen molar-refractivity contribution in [2.45, 2.75) is 70.0 Å². The number of carboxylic acid groups (broad SMARTS) is 1. The van der Waals surface area contributed by atoms with Crippen LogP contribution in [0.25, 0.3) is 0 Å². The Kier molecular flexibility index (Phi) is 9.42. The van der Waals surface area contributed by atoms with E-state index in [1.807, 2.05) is 6.92 Å². The molecule has 5 heteroatoms. The van der Waals surface area contributed by atoms with Gasteiger partial charge in [0.25, 0.3) is 0 Å². The van der Waals surface area contributed by atoms with E-state index in [0.717, 1.165) is 38.4 Å². The third-order valence-electron chi connectivity index (χ3n) is 2.67. The van der Waals surface area contributed by atoms with Crippen LogP contribution in [-0.2, 0) is 4.79 Å². The molecule has 0 fully saturated rings. The number of rotatable bonds is 11. The maximum absolute atomic E-state index is 12.5. The molecule has 108 valence electrons. The van der Waals surface area contributed by atoms with Crippen LogP contribution in [0, 0.1) is 0 Å². The van der Waals surface area contributed by atoms with Crippen LogP contribution in [0.15, 0.2) is 0 Å². The highest BCUT2D eigenvalue weighted by molar-refractivity contribution is 8.00. The number of unbranched alkanes of at least 4 members (excludes halogenated alkanes) is 3. The summed E-state index contributed by atoms with van der Waals surface area (Å²) in [6.07, 6.45) is 4.62. The van der Waals surface area contributed by atoms with E-state index in [0.29, 0.717) is 12.8 Å². The lowest BCUT2D eigenvalue weighted by Crippen LogP contribution is -2.16. The summed E-state index contributed by atoms with van der Waals surface area (Å²) in [5.41, 5.74) is 0. The number of hydrogen-bond donors (Lipinski definition) is 1. The summed E-state index contributed by atoms with van der Waals surface area (Å²) in [5, 5.41) is 8.65. The summed E-state index contributed by atoms with van der Waals surface area (Å²) in [4.78, 5) is 10.9. The molecule has 0 bridgehead atoms. The first kappa shape index (κ1) is 17.7. The number of thioether (sulfide) groups is 1. The number of alkyl halides is 2. The van der Waals surface area contributed by atoms with Crippen molar-refractivity contribution in [2.24, 2.45) is 0 Å². The Labute approximate surface area is 113 Å². The van der Waals surface area contributed by atoms with Crippen molar-refractivity contribution in [3.05, 3.63) is 0 Å². The zero-order chi connectivity index (χ0) is 14.0. The lowest BCUT2D eigenvalue weighted by Gasteiger charge is -2.12. The molecule has 0 aliphatic rings. The second-order valence-corrected chi connectivity index (χ2v) is 6.03. The highest BCUT2D eigenvalue weighted by atomic mass is 32.2. The molecule has 0 saturated carbocycles. The monoisotopic (exact) mass is 282 g/mol. The van der Waals surface area contributed by atoms with Gasteiger partial charge in [-0.05, 0) is 31.9 Å². The molecule has 0 heterocycles. The summed E-state index contributed by atoms with van der Waals surface area (Å²) >= 11 is 1.44. The fourth-order valence-corrected chi connectivity index (χ4v) is 2.74. The van der Waals surface area contributed by atoms with Crippen molar-refractivity contribution in [3.63, 3.8) is 0 Å². The zero-order valence-corrected chi connectivity index (χ0v) is 12.1. The molecule has 0 aromatic carbocycles. The van der Waals surface area contributed by atoms with Crippen molar-refractivity contribution in [1.29, 1.82) is 0 Å². The molecule has 0 aromatic heterocycles. The molecule has 1 unspecified atom stereocenters. The fraction of sp³-hybridized carbons (Fsp3) is 0.923. The molecule has 0 spiro atoms. The van der Waals surface area contributed by atoms with E-state index in [-0.39, 0.29) is 11.7 Å². The lowest BCUT2D eigenvalue weighted by atomic mass is 10.1. The van der Waals surface area contributed by atoms with Crippen LogP contribution >= 0.6 is 11.8 Å². The molecule has 1 N–H and O–H groups in total. The number of halogens is 2. The van der Waals surface area contributed by atoms with Crippen molar-refractivity contribution >= 4 is 17.7 Å². The third-order valence-corrected chi connectivity index (χ3v) is 4.04. The predicted molar refractivity (Wildman–Crippen MR) is 72.5 cm³/mol. The second-order valence-electron chi connectivity index (χ2n) is 4.72. The molecule has 0 aliphatic heterocycles. The Morgan fingerprint density at radius 1 is 1.28 bits per heavy atom. The number of hydrogen-bond acceptors (Lipinski definition) is 2. The van der Waals surface area contributed by atoms with Gasteiger partial charge in [0.15, 0.2) is 0 Å². The van der Waals surface area contributed by atoms with Crippen molar-refractivity contribution in [2.75, 3.05) is 5.75 Å². The van der Waals surface area contributed by atoms with Gasteiger partial charge in [-0.1, -0.05) is 26.2 Å². The zero-order valence-electron chi connectivity index (χ0n) is 11.3. The standard InChI is InChI=1S/C13H24F2O2S/c1-3-4-8-11(12(16)17)18-10-7-5-6-9-13(2,14)15/h11H,3-10H2,1-2H3,(H,16,17). The minimum absolute atomic E-state index is 0.0736. The summed E-state index contributed by atoms with van der Waals surface area (Å²) in [7, 11) is 0. The first-order valence-electron chi connectivity index (χ1n) is 6.59. The van der Waals surface area contributed by atoms with E-state index >= 15 is 0 Å². The molecular formula is C13H24F2O2S. The predicted octanol–water partition coefficient (Wildman–Crippen LogP) is 4.58. The number of carbonyl (C=O) groups is 1. The summed E-state index contributed by atoms with van der Waals surface area (Å²) in [6, 6.07) is 0. The SMILES string of the molecule is CCCCC(SCCCCCC(C)(F)F)C(=O)O. The van der Waals surface area contributed by atoms with E-state index in [1.165, 1.54) is 11.8 Å². The van der Waals surface area contributed by atoms with Gasteiger partial charge in [0.2, 0.25) is 5.92 Å². The Hall–Kier alpha value is -0.320. The normalized spacial score (nSPS) is 13.6. The van der Waals surface area contributed by atoms with Crippen LogP contribution in [-0.4, -0.2) is 28.0 Å². The molecule has 1 atom stereocenters. The van der Waals surface area contributed by atoms with Gasteiger partial charge in [-0.2, -0.15) is 0 Å². The number of aliphatic carboxylic acids is 1. The fourth-order valence-electron chi connectivity index (χ4n) is 1.61. The van der Waals surface area contributed by atoms with Gasteiger partial charge < -0.3 is 5.11 Å². The average molecular weight is 282 g/mol. The molecule has 2 nitrogen and oxygen atoms in total. The highest BCUT2D eigenvalue weighted by Gasteiger charge is 2.20. The highest BCUT2D eigenvalue weighted by Crippen LogP contribution is 2.22. The van der Waals surface area contributed by atoms with Gasteiger partial charge in [0.1, 0.15) is 5.25 Å². The summed E-state index contributed by atoms with van der Waals surface area (Å²) < 4.78 is 25.0. The van der Waals surface area contributed by atoms with Crippen LogP contribution < -0.4 is 0 Å². The number of carboxylic acids is 1. The maximum Gasteiger partial charge on any atom is 0.316 e. The van der Waals surface area contributed by atoms with Gasteiger partial charge in [-0.15, -0.1) is 11.8 Å². The van der Waals surface area contributed by atoms with E-state index in [1.54, 1.807) is 0 Å². The van der Waals surface area contributed by atoms with E-state index in [4.69, 9.17) is 5.11 Å². The Bertz CT molecular complexity index is 230.